The lowest BCUT2D eigenvalue weighted by Crippen LogP contribution is -2.16. The van der Waals surface area contributed by atoms with Crippen LogP contribution in [-0.4, -0.2) is 11.0 Å². The van der Waals surface area contributed by atoms with Crippen molar-refractivity contribution in [2.75, 3.05) is 5.32 Å². The summed E-state index contributed by atoms with van der Waals surface area (Å²) in [5.74, 6) is -0.636. The molecule has 2 rings (SSSR count). The topological polar surface area (TPSA) is 70.6 Å². The van der Waals surface area contributed by atoms with Gasteiger partial charge in [-0.15, -0.1) is 0 Å². The van der Waals surface area contributed by atoms with Crippen molar-refractivity contribution in [1.82, 2.24) is 0 Å². The van der Waals surface area contributed by atoms with E-state index in [9.17, 15) is 4.39 Å². The Morgan fingerprint density at radius 3 is 2.48 bits per heavy atom. The fraction of sp³-hybridized carbons (Fsp3) is 0.0714. The number of nitrogens with two attached hydrogens (primary N) is 1. The zero-order valence-corrected chi connectivity index (χ0v) is 12.3. The second-order valence-electron chi connectivity index (χ2n) is 4.25. The van der Waals surface area contributed by atoms with Crippen LogP contribution in [-0.2, 0) is 6.54 Å². The maximum Gasteiger partial charge on any atom is 0.170 e. The second-order valence-corrected chi connectivity index (χ2v) is 5.06. The second kappa shape index (κ2) is 6.65. The van der Waals surface area contributed by atoms with Crippen LogP contribution < -0.4 is 11.1 Å². The van der Waals surface area contributed by atoms with Crippen molar-refractivity contribution in [3.05, 3.63) is 63.4 Å². The standard InChI is InChI=1S/C14H12Cl2FN3O/c15-11-5-9(6-12(16)13(11)17)19-7-8-3-1-2-4-10(8)14(18)20-21/h1-6,19,21H,7H2,(H2,18,20). The third-order valence-electron chi connectivity index (χ3n) is 2.87. The van der Waals surface area contributed by atoms with E-state index in [1.54, 1.807) is 12.1 Å². The number of rotatable bonds is 4. The van der Waals surface area contributed by atoms with Crippen LogP contribution in [0, 0.1) is 5.82 Å². The number of hydrogen-bond acceptors (Lipinski definition) is 3. The molecule has 0 atom stereocenters. The van der Waals surface area contributed by atoms with Gasteiger partial charge in [-0.05, 0) is 17.7 Å². The Morgan fingerprint density at radius 1 is 1.24 bits per heavy atom. The minimum Gasteiger partial charge on any atom is -0.409 e. The molecule has 0 unspecified atom stereocenters. The first-order valence-corrected chi connectivity index (χ1v) is 6.72. The highest BCUT2D eigenvalue weighted by molar-refractivity contribution is 6.35. The summed E-state index contributed by atoms with van der Waals surface area (Å²) in [6.07, 6.45) is 0. The van der Waals surface area contributed by atoms with Crippen molar-refractivity contribution in [1.29, 1.82) is 0 Å². The van der Waals surface area contributed by atoms with Crippen LogP contribution in [0.2, 0.25) is 10.0 Å². The SMILES string of the molecule is N/C(=N/O)c1ccccc1CNc1cc(Cl)c(F)c(Cl)c1. The van der Waals surface area contributed by atoms with Crippen LogP contribution in [0.4, 0.5) is 10.1 Å². The predicted octanol–water partition coefficient (Wildman–Crippen LogP) is 3.84. The largest absolute Gasteiger partial charge is 0.409 e. The number of nitrogens with one attached hydrogen (secondary N) is 1. The van der Waals surface area contributed by atoms with Gasteiger partial charge in [-0.1, -0.05) is 52.6 Å². The molecule has 0 aliphatic carbocycles. The Morgan fingerprint density at radius 2 is 1.86 bits per heavy atom. The van der Waals surface area contributed by atoms with E-state index in [1.807, 2.05) is 12.1 Å². The summed E-state index contributed by atoms with van der Waals surface area (Å²) in [5, 5.41) is 14.7. The van der Waals surface area contributed by atoms with E-state index in [1.165, 1.54) is 12.1 Å². The molecule has 0 saturated heterocycles. The molecule has 7 heteroatoms. The van der Waals surface area contributed by atoms with Gasteiger partial charge in [0.15, 0.2) is 11.7 Å². The molecule has 0 amide bonds. The van der Waals surface area contributed by atoms with E-state index in [0.717, 1.165) is 5.56 Å². The lowest BCUT2D eigenvalue weighted by molar-refractivity contribution is 0.318. The van der Waals surface area contributed by atoms with Crippen molar-refractivity contribution >= 4 is 34.7 Å². The summed E-state index contributed by atoms with van der Waals surface area (Å²) < 4.78 is 13.3. The van der Waals surface area contributed by atoms with Crippen molar-refractivity contribution in [2.24, 2.45) is 10.9 Å². The molecule has 0 radical (unpaired) electrons. The molecule has 0 aliphatic rings. The minimum atomic E-state index is -0.652. The quantitative estimate of drug-likeness (QED) is 0.263. The molecule has 0 heterocycles. The summed E-state index contributed by atoms with van der Waals surface area (Å²) in [5.41, 5.74) is 7.60. The molecule has 0 aromatic heterocycles. The number of halogens is 3. The summed E-state index contributed by atoms with van der Waals surface area (Å²) >= 11 is 11.5. The third kappa shape index (κ3) is 3.56. The smallest absolute Gasteiger partial charge is 0.170 e. The highest BCUT2D eigenvalue weighted by Crippen LogP contribution is 2.27. The molecule has 0 bridgehead atoms. The van der Waals surface area contributed by atoms with Gasteiger partial charge in [0, 0.05) is 17.8 Å². The summed E-state index contributed by atoms with van der Waals surface area (Å²) in [6.45, 7) is 0.380. The summed E-state index contributed by atoms with van der Waals surface area (Å²) in [4.78, 5) is 0. The molecule has 0 saturated carbocycles. The van der Waals surface area contributed by atoms with Gasteiger partial charge in [0.25, 0.3) is 0 Å². The number of anilines is 1. The fourth-order valence-corrected chi connectivity index (χ4v) is 2.32. The Bertz CT molecular complexity index is 669. The molecule has 0 spiro atoms. The van der Waals surface area contributed by atoms with Gasteiger partial charge in [0.05, 0.1) is 10.0 Å². The zero-order valence-electron chi connectivity index (χ0n) is 10.8. The van der Waals surface area contributed by atoms with E-state index in [4.69, 9.17) is 34.1 Å². The number of oxime groups is 1. The van der Waals surface area contributed by atoms with Gasteiger partial charge in [-0.2, -0.15) is 0 Å². The number of benzene rings is 2. The first-order valence-electron chi connectivity index (χ1n) is 5.97. The van der Waals surface area contributed by atoms with Crippen LogP contribution in [0.15, 0.2) is 41.6 Å². The molecule has 2 aromatic rings. The molecular formula is C14H12Cl2FN3O. The van der Waals surface area contributed by atoms with Crippen molar-refractivity contribution in [2.45, 2.75) is 6.54 Å². The van der Waals surface area contributed by atoms with Gasteiger partial charge >= 0.3 is 0 Å². The van der Waals surface area contributed by atoms with Crippen molar-refractivity contribution < 1.29 is 9.60 Å². The molecule has 4 nitrogen and oxygen atoms in total. The van der Waals surface area contributed by atoms with Gasteiger partial charge in [-0.3, -0.25) is 0 Å². The normalized spacial score (nSPS) is 11.5. The van der Waals surface area contributed by atoms with E-state index in [-0.39, 0.29) is 15.9 Å². The maximum atomic E-state index is 13.3. The van der Waals surface area contributed by atoms with Crippen LogP contribution >= 0.6 is 23.2 Å². The number of hydrogen-bond donors (Lipinski definition) is 3. The van der Waals surface area contributed by atoms with Crippen molar-refractivity contribution in [3.8, 4) is 0 Å². The first kappa shape index (κ1) is 15.4. The average Bonchev–Trinajstić information content (AvgIpc) is 2.50. The predicted molar refractivity (Wildman–Crippen MR) is 82.7 cm³/mol. The summed E-state index contributed by atoms with van der Waals surface area (Å²) in [7, 11) is 0. The minimum absolute atomic E-state index is 0.0163. The van der Waals surface area contributed by atoms with Crippen molar-refractivity contribution in [3.63, 3.8) is 0 Å². The molecule has 4 N–H and O–H groups in total. The third-order valence-corrected chi connectivity index (χ3v) is 3.42. The molecule has 110 valence electrons. The van der Waals surface area contributed by atoms with Crippen LogP contribution in [0.1, 0.15) is 11.1 Å². The molecule has 0 fully saturated rings. The van der Waals surface area contributed by atoms with E-state index in [2.05, 4.69) is 10.5 Å². The molecule has 0 aliphatic heterocycles. The van der Waals surface area contributed by atoms with E-state index < -0.39 is 5.82 Å². The molecule has 21 heavy (non-hydrogen) atoms. The number of nitrogens with zero attached hydrogens (tertiary/aromatic N) is 1. The zero-order chi connectivity index (χ0) is 15.4. The average molecular weight is 328 g/mol. The van der Waals surface area contributed by atoms with E-state index >= 15 is 0 Å². The Labute approximate surface area is 131 Å². The Kier molecular flexibility index (Phi) is 4.88. The summed E-state index contributed by atoms with van der Waals surface area (Å²) in [6, 6.07) is 10.0. The first-order chi connectivity index (χ1) is 10.0. The maximum absolute atomic E-state index is 13.3. The van der Waals surface area contributed by atoms with E-state index in [0.29, 0.717) is 17.8 Å². The monoisotopic (exact) mass is 327 g/mol. The van der Waals surface area contributed by atoms with Gasteiger partial charge in [0.2, 0.25) is 0 Å². The van der Waals surface area contributed by atoms with Crippen LogP contribution in [0.25, 0.3) is 0 Å². The molecule has 2 aromatic carbocycles. The highest BCUT2D eigenvalue weighted by Gasteiger charge is 2.09. The Hall–Kier alpha value is -1.98. The highest BCUT2D eigenvalue weighted by atomic mass is 35.5. The van der Waals surface area contributed by atoms with Crippen LogP contribution in [0.3, 0.4) is 0 Å². The molecular weight excluding hydrogens is 316 g/mol. The lowest BCUT2D eigenvalue weighted by Gasteiger charge is -2.11. The lowest BCUT2D eigenvalue weighted by atomic mass is 10.1. The van der Waals surface area contributed by atoms with Gasteiger partial charge in [0.1, 0.15) is 0 Å². The number of amidine groups is 1. The fourth-order valence-electron chi connectivity index (χ4n) is 1.83. The van der Waals surface area contributed by atoms with Gasteiger partial charge in [-0.25, -0.2) is 4.39 Å². The Balaban J connectivity index is 2.21. The van der Waals surface area contributed by atoms with Crippen LogP contribution in [0.5, 0.6) is 0 Å². The van der Waals surface area contributed by atoms with Gasteiger partial charge < -0.3 is 16.3 Å².